The van der Waals surface area contributed by atoms with Gasteiger partial charge in [0.05, 0.1) is 19.7 Å². The second-order valence-electron chi connectivity index (χ2n) is 5.71. The van der Waals surface area contributed by atoms with Gasteiger partial charge in [0.25, 0.3) is 0 Å². The van der Waals surface area contributed by atoms with Gasteiger partial charge in [-0.1, -0.05) is 12.1 Å². The minimum atomic E-state index is -0.272. The number of amides is 2. The summed E-state index contributed by atoms with van der Waals surface area (Å²) in [6.45, 7) is 3.21. The Kier molecular flexibility index (Phi) is 3.92. The van der Waals surface area contributed by atoms with Crippen molar-refractivity contribution in [1.29, 1.82) is 0 Å². The monoisotopic (exact) mass is 304 g/mol. The Labute approximate surface area is 129 Å². The molecule has 0 aliphatic carbocycles. The topological polar surface area (TPSA) is 59.1 Å². The molecule has 2 saturated heterocycles. The molecule has 0 spiro atoms. The molecule has 3 rings (SSSR count). The predicted molar refractivity (Wildman–Crippen MR) is 79.7 cm³/mol. The van der Waals surface area contributed by atoms with E-state index in [-0.39, 0.29) is 24.1 Å². The van der Waals surface area contributed by atoms with E-state index in [2.05, 4.69) is 0 Å². The van der Waals surface area contributed by atoms with Crippen molar-refractivity contribution in [2.24, 2.45) is 0 Å². The van der Waals surface area contributed by atoms with Crippen molar-refractivity contribution < 1.29 is 19.1 Å². The zero-order valence-corrected chi connectivity index (χ0v) is 12.8. The third kappa shape index (κ3) is 2.73. The van der Waals surface area contributed by atoms with Gasteiger partial charge in [0.1, 0.15) is 11.9 Å². The Hall–Kier alpha value is -2.24. The summed E-state index contributed by atoms with van der Waals surface area (Å²) in [7, 11) is 1.64. The van der Waals surface area contributed by atoms with Gasteiger partial charge in [-0.15, -0.1) is 0 Å². The molecule has 6 heteroatoms. The summed E-state index contributed by atoms with van der Waals surface area (Å²) < 4.78 is 10.5. The molecule has 2 fully saturated rings. The Morgan fingerprint density at radius 3 is 2.68 bits per heavy atom. The lowest BCUT2D eigenvalue weighted by Gasteiger charge is -2.21. The number of hydrogen-bond donors (Lipinski definition) is 0. The zero-order chi connectivity index (χ0) is 15.7. The zero-order valence-electron chi connectivity index (χ0n) is 12.8. The van der Waals surface area contributed by atoms with E-state index in [0.29, 0.717) is 19.6 Å². The molecule has 0 N–H and O–H groups in total. The minimum absolute atomic E-state index is 0.0188. The third-order valence-corrected chi connectivity index (χ3v) is 4.37. The second kappa shape index (κ2) is 5.87. The fourth-order valence-corrected chi connectivity index (χ4v) is 3.06. The first-order chi connectivity index (χ1) is 10.6. The normalized spacial score (nSPS) is 23.5. The van der Waals surface area contributed by atoms with Crippen molar-refractivity contribution in [1.82, 2.24) is 9.80 Å². The highest BCUT2D eigenvalue weighted by molar-refractivity contribution is 5.75. The predicted octanol–water partition coefficient (Wildman–Crippen LogP) is 1.29. The van der Waals surface area contributed by atoms with Gasteiger partial charge in [-0.05, 0) is 24.1 Å². The Morgan fingerprint density at radius 1 is 1.32 bits per heavy atom. The Bertz CT molecular complexity index is 572. The summed E-state index contributed by atoms with van der Waals surface area (Å²) in [5, 5.41) is 0. The van der Waals surface area contributed by atoms with E-state index < -0.39 is 0 Å². The van der Waals surface area contributed by atoms with E-state index in [9.17, 15) is 9.59 Å². The van der Waals surface area contributed by atoms with Crippen LogP contribution in [0.3, 0.4) is 0 Å². The van der Waals surface area contributed by atoms with Crippen LogP contribution in [0.2, 0.25) is 0 Å². The molecular weight excluding hydrogens is 284 g/mol. The number of likely N-dealkylation sites (tertiary alicyclic amines) is 1. The van der Waals surface area contributed by atoms with Crippen molar-refractivity contribution in [2.75, 3.05) is 26.7 Å². The summed E-state index contributed by atoms with van der Waals surface area (Å²) in [4.78, 5) is 26.9. The average Bonchev–Trinajstić information content (AvgIpc) is 3.03. The molecule has 2 aliphatic rings. The fraction of sp³-hybridized carbons (Fsp3) is 0.500. The van der Waals surface area contributed by atoms with Gasteiger partial charge < -0.3 is 14.4 Å². The first-order valence-electron chi connectivity index (χ1n) is 7.44. The molecular formula is C16H20N2O4. The smallest absolute Gasteiger partial charge is 0.410 e. The molecule has 2 aliphatic heterocycles. The maximum Gasteiger partial charge on any atom is 0.410 e. The van der Waals surface area contributed by atoms with Gasteiger partial charge in [0, 0.05) is 20.0 Å². The number of benzene rings is 1. The number of rotatable bonds is 4. The summed E-state index contributed by atoms with van der Waals surface area (Å²) in [5.41, 5.74) is 1.14. The molecule has 2 atom stereocenters. The standard InChI is InChI=1S/C16H20N2O4/c1-11(19)17-9-14-15(10-17)22-16(20)18(14)8-7-12-3-5-13(21-2)6-4-12/h3-6,14-15H,7-10H2,1-2H3/t14-,15+/m1/s1. The molecule has 0 radical (unpaired) electrons. The van der Waals surface area contributed by atoms with E-state index in [1.165, 1.54) is 0 Å². The summed E-state index contributed by atoms with van der Waals surface area (Å²) in [5.74, 6) is 0.845. The van der Waals surface area contributed by atoms with E-state index in [1.54, 1.807) is 23.8 Å². The van der Waals surface area contributed by atoms with Crippen LogP contribution in [0, 0.1) is 0 Å². The number of carbonyl (C=O) groups excluding carboxylic acids is 2. The number of hydrogen-bond acceptors (Lipinski definition) is 4. The van der Waals surface area contributed by atoms with Gasteiger partial charge in [-0.25, -0.2) is 4.79 Å². The van der Waals surface area contributed by atoms with Crippen LogP contribution in [0.25, 0.3) is 0 Å². The van der Waals surface area contributed by atoms with Crippen LogP contribution < -0.4 is 4.74 Å². The van der Waals surface area contributed by atoms with Crippen molar-refractivity contribution in [2.45, 2.75) is 25.5 Å². The molecule has 2 heterocycles. The van der Waals surface area contributed by atoms with Gasteiger partial charge >= 0.3 is 6.09 Å². The molecule has 6 nitrogen and oxygen atoms in total. The third-order valence-electron chi connectivity index (χ3n) is 4.37. The van der Waals surface area contributed by atoms with Crippen LogP contribution in [-0.2, 0) is 16.0 Å². The summed E-state index contributed by atoms with van der Waals surface area (Å²) in [6.07, 6.45) is 0.293. The van der Waals surface area contributed by atoms with Gasteiger partial charge in [0.2, 0.25) is 5.91 Å². The van der Waals surface area contributed by atoms with Crippen LogP contribution in [0.5, 0.6) is 5.75 Å². The molecule has 1 aromatic rings. The Balaban J connectivity index is 1.61. The van der Waals surface area contributed by atoms with Gasteiger partial charge in [-0.2, -0.15) is 0 Å². The van der Waals surface area contributed by atoms with E-state index in [0.717, 1.165) is 17.7 Å². The fourth-order valence-electron chi connectivity index (χ4n) is 3.06. The van der Waals surface area contributed by atoms with Crippen LogP contribution in [0.1, 0.15) is 12.5 Å². The maximum atomic E-state index is 12.0. The lowest BCUT2D eigenvalue weighted by atomic mass is 10.1. The first kappa shape index (κ1) is 14.7. The first-order valence-corrected chi connectivity index (χ1v) is 7.44. The highest BCUT2D eigenvalue weighted by Gasteiger charge is 2.47. The number of methoxy groups -OCH3 is 1. The van der Waals surface area contributed by atoms with Crippen molar-refractivity contribution in [3.8, 4) is 5.75 Å². The molecule has 2 amide bonds. The van der Waals surface area contributed by atoms with Crippen molar-refractivity contribution in [3.63, 3.8) is 0 Å². The van der Waals surface area contributed by atoms with Crippen LogP contribution in [0.4, 0.5) is 4.79 Å². The quantitative estimate of drug-likeness (QED) is 0.841. The summed E-state index contributed by atoms with van der Waals surface area (Å²) >= 11 is 0. The molecule has 0 saturated carbocycles. The van der Waals surface area contributed by atoms with Crippen LogP contribution in [-0.4, -0.2) is 60.7 Å². The van der Waals surface area contributed by atoms with E-state index in [4.69, 9.17) is 9.47 Å². The maximum absolute atomic E-state index is 12.0. The Morgan fingerprint density at radius 2 is 2.05 bits per heavy atom. The number of nitrogens with zero attached hydrogens (tertiary/aromatic N) is 2. The number of fused-ring (bicyclic) bond motifs is 1. The molecule has 118 valence electrons. The molecule has 22 heavy (non-hydrogen) atoms. The minimum Gasteiger partial charge on any atom is -0.497 e. The van der Waals surface area contributed by atoms with E-state index >= 15 is 0 Å². The highest BCUT2D eigenvalue weighted by Crippen LogP contribution is 2.27. The van der Waals surface area contributed by atoms with Gasteiger partial charge in [-0.3, -0.25) is 9.69 Å². The number of carbonyl (C=O) groups is 2. The van der Waals surface area contributed by atoms with E-state index in [1.807, 2.05) is 24.3 Å². The van der Waals surface area contributed by atoms with Gasteiger partial charge in [0.15, 0.2) is 0 Å². The molecule has 0 bridgehead atoms. The number of ether oxygens (including phenoxy) is 2. The lowest BCUT2D eigenvalue weighted by molar-refractivity contribution is -0.128. The van der Waals surface area contributed by atoms with Crippen LogP contribution >= 0.6 is 0 Å². The SMILES string of the molecule is COc1ccc(CCN2C(=O)O[C@H]3CN(C(C)=O)C[C@H]32)cc1. The average molecular weight is 304 g/mol. The van der Waals surface area contributed by atoms with Crippen molar-refractivity contribution in [3.05, 3.63) is 29.8 Å². The van der Waals surface area contributed by atoms with Crippen molar-refractivity contribution >= 4 is 12.0 Å². The van der Waals surface area contributed by atoms with Crippen LogP contribution in [0.15, 0.2) is 24.3 Å². The second-order valence-corrected chi connectivity index (χ2v) is 5.71. The molecule has 1 aromatic carbocycles. The highest BCUT2D eigenvalue weighted by atomic mass is 16.6. The largest absolute Gasteiger partial charge is 0.497 e. The lowest BCUT2D eigenvalue weighted by Crippen LogP contribution is -2.39. The molecule has 0 aromatic heterocycles. The molecule has 0 unspecified atom stereocenters. The summed E-state index contributed by atoms with van der Waals surface area (Å²) in [6, 6.07) is 7.79.